The SMILES string of the molecule is Cc1ccccc1.O=C(/C=C/c1ccsc1)N1CCOC1=O. The molecule has 2 heterocycles. The van der Waals surface area contributed by atoms with Crippen LogP contribution in [-0.4, -0.2) is 30.1 Å². The van der Waals surface area contributed by atoms with Crippen molar-refractivity contribution in [2.75, 3.05) is 13.2 Å². The van der Waals surface area contributed by atoms with Gasteiger partial charge in [-0.3, -0.25) is 4.79 Å². The molecule has 0 aliphatic carbocycles. The summed E-state index contributed by atoms with van der Waals surface area (Å²) in [6, 6.07) is 12.2. The van der Waals surface area contributed by atoms with Gasteiger partial charge >= 0.3 is 6.09 Å². The fraction of sp³-hybridized carbons (Fsp3) is 0.176. The molecule has 0 bridgehead atoms. The lowest BCUT2D eigenvalue weighted by Crippen LogP contribution is -2.29. The van der Waals surface area contributed by atoms with Crippen LogP contribution < -0.4 is 0 Å². The molecule has 22 heavy (non-hydrogen) atoms. The van der Waals surface area contributed by atoms with Gasteiger partial charge in [0, 0.05) is 6.08 Å². The number of benzene rings is 1. The largest absolute Gasteiger partial charge is 0.447 e. The highest BCUT2D eigenvalue weighted by Crippen LogP contribution is 2.09. The van der Waals surface area contributed by atoms with Crippen LogP contribution in [0.1, 0.15) is 11.1 Å². The van der Waals surface area contributed by atoms with Crippen LogP contribution in [0.5, 0.6) is 0 Å². The summed E-state index contributed by atoms with van der Waals surface area (Å²) < 4.78 is 4.66. The zero-order valence-corrected chi connectivity index (χ0v) is 13.1. The van der Waals surface area contributed by atoms with E-state index in [9.17, 15) is 9.59 Å². The Balaban J connectivity index is 0.000000211. The van der Waals surface area contributed by atoms with Crippen LogP contribution in [0, 0.1) is 6.92 Å². The molecule has 1 aromatic carbocycles. The molecule has 4 nitrogen and oxygen atoms in total. The van der Waals surface area contributed by atoms with Gasteiger partial charge in [-0.15, -0.1) is 0 Å². The molecular formula is C17H17NO3S. The van der Waals surface area contributed by atoms with Gasteiger partial charge in [-0.2, -0.15) is 11.3 Å². The highest BCUT2D eigenvalue weighted by atomic mass is 32.1. The minimum atomic E-state index is -0.560. The zero-order valence-electron chi connectivity index (χ0n) is 12.3. The van der Waals surface area contributed by atoms with E-state index in [0.29, 0.717) is 6.54 Å². The standard InChI is InChI=1S/C10H9NO3S.C7H8/c12-9(11-4-5-14-10(11)13)2-1-8-3-6-15-7-8;1-7-5-3-2-4-6-7/h1-3,6-7H,4-5H2;2-6H,1H3/b2-1+;. The summed E-state index contributed by atoms with van der Waals surface area (Å²) in [5.74, 6) is -0.330. The molecule has 3 rings (SSSR count). The second-order valence-corrected chi connectivity index (χ2v) is 5.43. The topological polar surface area (TPSA) is 46.6 Å². The molecule has 0 N–H and O–H groups in total. The normalized spacial score (nSPS) is 13.7. The molecule has 1 aliphatic rings. The smallest absolute Gasteiger partial charge is 0.416 e. The average Bonchev–Trinajstić information content (AvgIpc) is 3.17. The van der Waals surface area contributed by atoms with E-state index < -0.39 is 6.09 Å². The fourth-order valence-electron chi connectivity index (χ4n) is 1.76. The van der Waals surface area contributed by atoms with Gasteiger partial charge in [0.2, 0.25) is 0 Å². The minimum absolute atomic E-state index is 0.289. The Hall–Kier alpha value is -2.40. The second kappa shape index (κ2) is 8.14. The van der Waals surface area contributed by atoms with Gasteiger partial charge in [-0.05, 0) is 35.4 Å². The molecular weight excluding hydrogens is 298 g/mol. The average molecular weight is 315 g/mol. The van der Waals surface area contributed by atoms with E-state index in [1.165, 1.54) is 11.6 Å². The Kier molecular flexibility index (Phi) is 5.91. The maximum atomic E-state index is 11.5. The van der Waals surface area contributed by atoms with Crippen molar-refractivity contribution in [3.8, 4) is 0 Å². The van der Waals surface area contributed by atoms with Gasteiger partial charge < -0.3 is 4.74 Å². The molecule has 1 aliphatic heterocycles. The number of hydrogen-bond acceptors (Lipinski definition) is 4. The summed E-state index contributed by atoms with van der Waals surface area (Å²) in [7, 11) is 0. The highest BCUT2D eigenvalue weighted by molar-refractivity contribution is 7.08. The summed E-state index contributed by atoms with van der Waals surface area (Å²) >= 11 is 1.56. The Bertz CT molecular complexity index is 635. The van der Waals surface area contributed by atoms with Crippen LogP contribution in [0.2, 0.25) is 0 Å². The molecule has 0 spiro atoms. The molecule has 114 valence electrons. The van der Waals surface area contributed by atoms with Gasteiger partial charge in [0.05, 0.1) is 6.54 Å². The van der Waals surface area contributed by atoms with E-state index in [1.807, 2.05) is 35.0 Å². The molecule has 1 fully saturated rings. The first-order valence-electron chi connectivity index (χ1n) is 6.87. The van der Waals surface area contributed by atoms with Crippen molar-refractivity contribution >= 4 is 29.4 Å². The predicted molar refractivity (Wildman–Crippen MR) is 87.6 cm³/mol. The molecule has 2 aromatic rings. The number of thiophene rings is 1. The van der Waals surface area contributed by atoms with Crippen molar-refractivity contribution in [2.45, 2.75) is 6.92 Å². The van der Waals surface area contributed by atoms with Gasteiger partial charge in [0.15, 0.2) is 0 Å². The van der Waals surface area contributed by atoms with Crippen molar-refractivity contribution in [2.24, 2.45) is 0 Å². The van der Waals surface area contributed by atoms with Crippen molar-refractivity contribution in [1.82, 2.24) is 4.90 Å². The van der Waals surface area contributed by atoms with E-state index in [-0.39, 0.29) is 12.5 Å². The van der Waals surface area contributed by atoms with Crippen molar-refractivity contribution < 1.29 is 14.3 Å². The number of imide groups is 1. The van der Waals surface area contributed by atoms with E-state index in [2.05, 4.69) is 23.8 Å². The summed E-state index contributed by atoms with van der Waals surface area (Å²) in [5.41, 5.74) is 2.28. The second-order valence-electron chi connectivity index (χ2n) is 4.65. The molecule has 1 saturated heterocycles. The summed E-state index contributed by atoms with van der Waals surface area (Å²) in [5, 5.41) is 3.85. The van der Waals surface area contributed by atoms with Crippen LogP contribution in [0.25, 0.3) is 6.08 Å². The number of rotatable bonds is 2. The summed E-state index contributed by atoms with van der Waals surface area (Å²) in [4.78, 5) is 23.6. The van der Waals surface area contributed by atoms with E-state index in [0.717, 1.165) is 10.5 Å². The van der Waals surface area contributed by atoms with Gasteiger partial charge in [-0.25, -0.2) is 9.69 Å². The Morgan fingerprint density at radius 2 is 2.05 bits per heavy atom. The summed E-state index contributed by atoms with van der Waals surface area (Å²) in [6.07, 6.45) is 2.51. The van der Waals surface area contributed by atoms with Crippen LogP contribution in [0.4, 0.5) is 4.79 Å². The number of amides is 2. The molecule has 0 unspecified atom stereocenters. The molecule has 0 saturated carbocycles. The first-order chi connectivity index (χ1) is 10.7. The highest BCUT2D eigenvalue weighted by Gasteiger charge is 2.26. The van der Waals surface area contributed by atoms with Crippen molar-refractivity contribution in [3.05, 3.63) is 64.4 Å². The Morgan fingerprint density at radius 3 is 2.55 bits per heavy atom. The maximum absolute atomic E-state index is 11.5. The van der Waals surface area contributed by atoms with Crippen molar-refractivity contribution in [3.63, 3.8) is 0 Å². The number of nitrogens with zero attached hydrogens (tertiary/aromatic N) is 1. The minimum Gasteiger partial charge on any atom is -0.447 e. The number of cyclic esters (lactones) is 1. The molecule has 1 aromatic heterocycles. The lowest BCUT2D eigenvalue weighted by atomic mass is 10.2. The number of carbonyl (C=O) groups excluding carboxylic acids is 2. The number of aryl methyl sites for hydroxylation is 1. The van der Waals surface area contributed by atoms with Crippen LogP contribution in [0.15, 0.2) is 53.2 Å². The molecule has 0 radical (unpaired) electrons. The predicted octanol–water partition coefficient (Wildman–Crippen LogP) is 3.74. The third kappa shape index (κ3) is 4.86. The Morgan fingerprint density at radius 1 is 1.27 bits per heavy atom. The van der Waals surface area contributed by atoms with Crippen LogP contribution in [0.3, 0.4) is 0 Å². The lowest BCUT2D eigenvalue weighted by Gasteiger charge is -2.05. The number of hydrogen-bond donors (Lipinski definition) is 0. The quantitative estimate of drug-likeness (QED) is 0.793. The lowest BCUT2D eigenvalue weighted by molar-refractivity contribution is -0.122. The van der Waals surface area contributed by atoms with Gasteiger partial charge in [0.25, 0.3) is 5.91 Å². The fourth-order valence-corrected chi connectivity index (χ4v) is 2.38. The van der Waals surface area contributed by atoms with Crippen LogP contribution >= 0.6 is 11.3 Å². The summed E-state index contributed by atoms with van der Waals surface area (Å²) in [6.45, 7) is 2.71. The number of carbonyl (C=O) groups is 2. The van der Waals surface area contributed by atoms with Gasteiger partial charge in [-0.1, -0.05) is 35.9 Å². The molecule has 5 heteroatoms. The molecule has 2 amide bonds. The maximum Gasteiger partial charge on any atom is 0.416 e. The van der Waals surface area contributed by atoms with E-state index in [4.69, 9.17) is 0 Å². The van der Waals surface area contributed by atoms with E-state index in [1.54, 1.807) is 17.4 Å². The third-order valence-electron chi connectivity index (χ3n) is 2.93. The zero-order chi connectivity index (χ0) is 15.8. The monoisotopic (exact) mass is 315 g/mol. The number of ether oxygens (including phenoxy) is 1. The van der Waals surface area contributed by atoms with Gasteiger partial charge in [0.1, 0.15) is 6.61 Å². The molecule has 0 atom stereocenters. The van der Waals surface area contributed by atoms with Crippen LogP contribution in [-0.2, 0) is 9.53 Å². The third-order valence-corrected chi connectivity index (χ3v) is 3.63. The first-order valence-corrected chi connectivity index (χ1v) is 7.81. The Labute approximate surface area is 133 Å². The first kappa shape index (κ1) is 16.0. The van der Waals surface area contributed by atoms with Crippen molar-refractivity contribution in [1.29, 1.82) is 0 Å². The van der Waals surface area contributed by atoms with E-state index >= 15 is 0 Å².